The number of benzene rings is 1. The summed E-state index contributed by atoms with van der Waals surface area (Å²) in [4.78, 5) is 15.7. The molecular formula is C14H17N3O. The maximum absolute atomic E-state index is 12.0. The summed E-state index contributed by atoms with van der Waals surface area (Å²) in [6.07, 6.45) is 2.22. The second-order valence-electron chi connectivity index (χ2n) is 4.72. The highest BCUT2D eigenvalue weighted by atomic mass is 16.2. The van der Waals surface area contributed by atoms with Crippen molar-refractivity contribution in [2.75, 3.05) is 25.5 Å². The monoisotopic (exact) mass is 243 g/mol. The molecule has 0 aliphatic heterocycles. The number of nitriles is 1. The molecule has 0 atom stereocenters. The van der Waals surface area contributed by atoms with E-state index in [1.54, 1.807) is 6.07 Å². The Kier molecular flexibility index (Phi) is 3.52. The SMILES string of the molecule is CN(CC(=O)N(C)C1CC1)c1ccccc1C#N. The first kappa shape index (κ1) is 12.4. The lowest BCUT2D eigenvalue weighted by molar-refractivity contribution is -0.128. The van der Waals surface area contributed by atoms with Crippen molar-refractivity contribution in [1.29, 1.82) is 5.26 Å². The summed E-state index contributed by atoms with van der Waals surface area (Å²) in [6.45, 7) is 0.311. The Hall–Kier alpha value is -2.02. The van der Waals surface area contributed by atoms with Gasteiger partial charge in [-0.3, -0.25) is 4.79 Å². The average molecular weight is 243 g/mol. The first-order valence-electron chi connectivity index (χ1n) is 6.09. The van der Waals surface area contributed by atoms with Gasteiger partial charge in [0.25, 0.3) is 0 Å². The lowest BCUT2D eigenvalue weighted by atomic mass is 10.2. The quantitative estimate of drug-likeness (QED) is 0.807. The van der Waals surface area contributed by atoms with Gasteiger partial charge < -0.3 is 9.80 Å². The summed E-state index contributed by atoms with van der Waals surface area (Å²) in [5.74, 6) is 0.104. The van der Waals surface area contributed by atoms with E-state index in [9.17, 15) is 4.79 Å². The van der Waals surface area contributed by atoms with Gasteiger partial charge in [-0.15, -0.1) is 0 Å². The van der Waals surface area contributed by atoms with E-state index in [4.69, 9.17) is 5.26 Å². The van der Waals surface area contributed by atoms with Crippen LogP contribution in [0.25, 0.3) is 0 Å². The predicted octanol–water partition coefficient (Wildman–Crippen LogP) is 1.62. The minimum atomic E-state index is 0.104. The van der Waals surface area contributed by atoms with E-state index >= 15 is 0 Å². The number of likely N-dealkylation sites (N-methyl/N-ethyl adjacent to an activating group) is 2. The summed E-state index contributed by atoms with van der Waals surface area (Å²) in [5.41, 5.74) is 1.40. The molecule has 0 unspecified atom stereocenters. The average Bonchev–Trinajstić information content (AvgIpc) is 3.21. The van der Waals surface area contributed by atoms with Crippen molar-refractivity contribution < 1.29 is 4.79 Å². The van der Waals surface area contributed by atoms with E-state index < -0.39 is 0 Å². The molecule has 1 aliphatic carbocycles. The molecule has 1 aliphatic rings. The molecule has 1 aromatic carbocycles. The van der Waals surface area contributed by atoms with Crippen LogP contribution in [-0.4, -0.2) is 37.5 Å². The Morgan fingerprint density at radius 3 is 2.67 bits per heavy atom. The fourth-order valence-electron chi connectivity index (χ4n) is 1.97. The molecule has 4 nitrogen and oxygen atoms in total. The van der Waals surface area contributed by atoms with E-state index in [0.717, 1.165) is 18.5 Å². The number of hydrogen-bond donors (Lipinski definition) is 0. The minimum absolute atomic E-state index is 0.104. The van der Waals surface area contributed by atoms with Crippen LogP contribution in [-0.2, 0) is 4.79 Å². The molecule has 0 spiro atoms. The van der Waals surface area contributed by atoms with Crippen molar-refractivity contribution in [1.82, 2.24) is 4.90 Å². The number of carbonyl (C=O) groups excluding carboxylic acids is 1. The summed E-state index contributed by atoms with van der Waals surface area (Å²) in [6, 6.07) is 9.91. The highest BCUT2D eigenvalue weighted by Crippen LogP contribution is 2.26. The van der Waals surface area contributed by atoms with Gasteiger partial charge in [0.05, 0.1) is 17.8 Å². The molecule has 0 N–H and O–H groups in total. The van der Waals surface area contributed by atoms with Crippen LogP contribution in [0.2, 0.25) is 0 Å². The van der Waals surface area contributed by atoms with Crippen LogP contribution in [0, 0.1) is 11.3 Å². The Morgan fingerprint density at radius 2 is 2.06 bits per heavy atom. The van der Waals surface area contributed by atoms with Crippen LogP contribution >= 0.6 is 0 Å². The predicted molar refractivity (Wildman–Crippen MR) is 70.2 cm³/mol. The maximum atomic E-state index is 12.0. The largest absolute Gasteiger partial charge is 0.364 e. The fourth-order valence-corrected chi connectivity index (χ4v) is 1.97. The first-order chi connectivity index (χ1) is 8.63. The molecule has 1 fully saturated rings. The third kappa shape index (κ3) is 2.62. The second-order valence-corrected chi connectivity index (χ2v) is 4.72. The van der Waals surface area contributed by atoms with E-state index in [0.29, 0.717) is 18.2 Å². The van der Waals surface area contributed by atoms with E-state index in [1.165, 1.54) is 0 Å². The van der Waals surface area contributed by atoms with Gasteiger partial charge in [-0.1, -0.05) is 12.1 Å². The number of amides is 1. The van der Waals surface area contributed by atoms with E-state index in [1.807, 2.05) is 42.1 Å². The minimum Gasteiger partial charge on any atom is -0.364 e. The number of nitrogens with zero attached hydrogens (tertiary/aromatic N) is 3. The third-order valence-electron chi connectivity index (χ3n) is 3.30. The number of para-hydroxylation sites is 1. The third-order valence-corrected chi connectivity index (χ3v) is 3.30. The highest BCUT2D eigenvalue weighted by molar-refractivity contribution is 5.82. The molecule has 0 bridgehead atoms. The molecule has 1 aromatic rings. The fraction of sp³-hybridized carbons (Fsp3) is 0.429. The molecule has 1 amide bonds. The van der Waals surface area contributed by atoms with Crippen molar-refractivity contribution in [3.63, 3.8) is 0 Å². The molecular weight excluding hydrogens is 226 g/mol. The summed E-state index contributed by atoms with van der Waals surface area (Å²) >= 11 is 0. The second kappa shape index (κ2) is 5.09. The highest BCUT2D eigenvalue weighted by Gasteiger charge is 2.29. The summed E-state index contributed by atoms with van der Waals surface area (Å²) in [7, 11) is 3.69. The van der Waals surface area contributed by atoms with Crippen LogP contribution in [0.5, 0.6) is 0 Å². The van der Waals surface area contributed by atoms with Crippen LogP contribution in [0.15, 0.2) is 24.3 Å². The van der Waals surface area contributed by atoms with Gasteiger partial charge in [-0.25, -0.2) is 0 Å². The number of anilines is 1. The molecule has 94 valence electrons. The van der Waals surface area contributed by atoms with Gasteiger partial charge in [0.15, 0.2) is 0 Å². The van der Waals surface area contributed by atoms with Gasteiger partial charge in [0.2, 0.25) is 5.91 Å². The molecule has 1 saturated carbocycles. The molecule has 0 radical (unpaired) electrons. The molecule has 0 saturated heterocycles. The molecule has 18 heavy (non-hydrogen) atoms. The Bertz CT molecular complexity index is 488. The van der Waals surface area contributed by atoms with Gasteiger partial charge in [0, 0.05) is 20.1 Å². The Balaban J connectivity index is 2.05. The van der Waals surface area contributed by atoms with Crippen molar-refractivity contribution in [3.8, 4) is 6.07 Å². The van der Waals surface area contributed by atoms with Crippen molar-refractivity contribution in [2.45, 2.75) is 18.9 Å². The van der Waals surface area contributed by atoms with Gasteiger partial charge in [-0.2, -0.15) is 5.26 Å². The first-order valence-corrected chi connectivity index (χ1v) is 6.09. The lowest BCUT2D eigenvalue weighted by Crippen LogP contribution is -2.38. The lowest BCUT2D eigenvalue weighted by Gasteiger charge is -2.23. The van der Waals surface area contributed by atoms with Crippen LogP contribution in [0.4, 0.5) is 5.69 Å². The number of hydrogen-bond acceptors (Lipinski definition) is 3. The van der Waals surface area contributed by atoms with Crippen molar-refractivity contribution in [2.24, 2.45) is 0 Å². The zero-order chi connectivity index (χ0) is 13.1. The zero-order valence-electron chi connectivity index (χ0n) is 10.8. The molecule has 0 heterocycles. The van der Waals surface area contributed by atoms with Crippen molar-refractivity contribution >= 4 is 11.6 Å². The Morgan fingerprint density at radius 1 is 1.39 bits per heavy atom. The van der Waals surface area contributed by atoms with E-state index in [-0.39, 0.29) is 5.91 Å². The Labute approximate surface area is 107 Å². The standard InChI is InChI=1S/C14H17N3O/c1-16(10-14(18)17(2)12-7-8-12)13-6-4-3-5-11(13)9-15/h3-6,12H,7-8,10H2,1-2H3. The summed E-state index contributed by atoms with van der Waals surface area (Å²) < 4.78 is 0. The van der Waals surface area contributed by atoms with Crippen LogP contribution in [0.3, 0.4) is 0 Å². The smallest absolute Gasteiger partial charge is 0.242 e. The number of rotatable bonds is 4. The normalized spacial score (nSPS) is 13.8. The van der Waals surface area contributed by atoms with Crippen LogP contribution < -0.4 is 4.90 Å². The molecule has 0 aromatic heterocycles. The zero-order valence-corrected chi connectivity index (χ0v) is 10.8. The number of carbonyl (C=O) groups is 1. The summed E-state index contributed by atoms with van der Waals surface area (Å²) in [5, 5.41) is 9.04. The topological polar surface area (TPSA) is 47.3 Å². The van der Waals surface area contributed by atoms with Gasteiger partial charge in [-0.05, 0) is 25.0 Å². The molecule has 2 rings (SSSR count). The van der Waals surface area contributed by atoms with Gasteiger partial charge in [0.1, 0.15) is 6.07 Å². The van der Waals surface area contributed by atoms with E-state index in [2.05, 4.69) is 6.07 Å². The van der Waals surface area contributed by atoms with Gasteiger partial charge >= 0.3 is 0 Å². The maximum Gasteiger partial charge on any atom is 0.242 e. The van der Waals surface area contributed by atoms with Crippen LogP contribution in [0.1, 0.15) is 18.4 Å². The molecule has 4 heteroatoms. The van der Waals surface area contributed by atoms with Crippen molar-refractivity contribution in [3.05, 3.63) is 29.8 Å².